The summed E-state index contributed by atoms with van der Waals surface area (Å²) in [6.45, 7) is 21.3. The van der Waals surface area contributed by atoms with Crippen molar-refractivity contribution in [1.29, 1.82) is 0 Å². The predicted octanol–water partition coefficient (Wildman–Crippen LogP) is 6.28. The molecule has 0 saturated carbocycles. The zero-order valence-corrected chi connectivity index (χ0v) is 23.2. The van der Waals surface area contributed by atoms with Crippen molar-refractivity contribution in [2.45, 2.75) is 74.7 Å². The van der Waals surface area contributed by atoms with Crippen molar-refractivity contribution >= 4 is 22.9 Å². The van der Waals surface area contributed by atoms with Gasteiger partial charge in [0.2, 0.25) is 0 Å². The summed E-state index contributed by atoms with van der Waals surface area (Å²) in [6.07, 6.45) is 2.73. The number of nitrogens with zero attached hydrogens (tertiary/aromatic N) is 7. The predicted molar refractivity (Wildman–Crippen MR) is 149 cm³/mol. The van der Waals surface area contributed by atoms with Crippen LogP contribution in [0.3, 0.4) is 0 Å². The largest absolute Gasteiger partial charge is 0.370 e. The van der Waals surface area contributed by atoms with Crippen LogP contribution in [0, 0.1) is 25.7 Å². The molecule has 1 N–H and O–H groups in total. The van der Waals surface area contributed by atoms with Gasteiger partial charge in [-0.1, -0.05) is 41.5 Å². The van der Waals surface area contributed by atoms with Crippen LogP contribution < -0.4 is 4.90 Å². The van der Waals surface area contributed by atoms with Crippen molar-refractivity contribution in [1.82, 2.24) is 24.6 Å². The molecule has 1 aliphatic rings. The molecule has 3 aromatic heterocycles. The summed E-state index contributed by atoms with van der Waals surface area (Å²) >= 11 is 0. The summed E-state index contributed by atoms with van der Waals surface area (Å²) in [5.74, 6) is 3.46. The number of H-pyrrole nitrogens is 1. The number of fused-ring (bicyclic) bond motifs is 1. The highest BCUT2D eigenvalue weighted by molar-refractivity contribution is 6.49. The average molecular weight is 489 g/mol. The zero-order valence-electron chi connectivity index (χ0n) is 23.2. The lowest BCUT2D eigenvalue weighted by Gasteiger charge is -2.24. The molecule has 0 aromatic carbocycles. The van der Waals surface area contributed by atoms with Crippen LogP contribution in [-0.2, 0) is 0 Å². The molecule has 8 heteroatoms. The second-order valence-corrected chi connectivity index (χ2v) is 10.8. The molecule has 3 aromatic rings. The minimum Gasteiger partial charge on any atom is -0.370 e. The molecule has 1 aliphatic heterocycles. The molecule has 0 spiro atoms. The highest BCUT2D eigenvalue weighted by Crippen LogP contribution is 2.33. The van der Waals surface area contributed by atoms with E-state index < -0.39 is 0 Å². The number of rotatable bonds is 9. The normalized spacial score (nSPS) is 14.4. The Labute approximate surface area is 215 Å². The van der Waals surface area contributed by atoms with Gasteiger partial charge in [-0.3, -0.25) is 0 Å². The molecule has 0 aliphatic carbocycles. The van der Waals surface area contributed by atoms with Crippen molar-refractivity contribution < 1.29 is 0 Å². The number of pyridine rings is 1. The van der Waals surface area contributed by atoms with Crippen LogP contribution in [0.2, 0.25) is 0 Å². The van der Waals surface area contributed by atoms with Gasteiger partial charge in [0, 0.05) is 18.8 Å². The molecule has 0 unspecified atom stereocenters. The van der Waals surface area contributed by atoms with Crippen LogP contribution in [-0.4, -0.2) is 49.1 Å². The van der Waals surface area contributed by atoms with E-state index in [4.69, 9.17) is 25.0 Å². The van der Waals surface area contributed by atoms with Gasteiger partial charge in [0.1, 0.15) is 11.4 Å². The summed E-state index contributed by atoms with van der Waals surface area (Å²) in [7, 11) is 0. The third-order valence-corrected chi connectivity index (χ3v) is 6.38. The first kappa shape index (κ1) is 25.8. The van der Waals surface area contributed by atoms with Crippen molar-refractivity contribution in [2.24, 2.45) is 21.9 Å². The van der Waals surface area contributed by atoms with Gasteiger partial charge >= 0.3 is 0 Å². The number of hydrogen-bond acceptors (Lipinski definition) is 6. The molecule has 0 saturated heterocycles. The SMILES string of the molecule is CCN(CC(C)C)c1ccc(/N=C2/C(CC(C)C)=Nn3c2nc(C(C)C)c3-c2nc(C)c(C)[nH]2)nc1. The van der Waals surface area contributed by atoms with E-state index in [0.717, 1.165) is 71.0 Å². The fourth-order valence-corrected chi connectivity index (χ4v) is 4.50. The van der Waals surface area contributed by atoms with Gasteiger partial charge in [-0.15, -0.1) is 0 Å². The number of hydrogen-bond donors (Lipinski definition) is 1. The molecule has 0 bridgehead atoms. The van der Waals surface area contributed by atoms with Gasteiger partial charge < -0.3 is 9.88 Å². The lowest BCUT2D eigenvalue weighted by Crippen LogP contribution is -2.27. The molecular formula is C28H40N8. The lowest BCUT2D eigenvalue weighted by atomic mass is 10.0. The smallest absolute Gasteiger partial charge is 0.182 e. The minimum atomic E-state index is 0.215. The number of aromatic nitrogens is 5. The number of aliphatic imine (C=N–C) groups is 1. The fourth-order valence-electron chi connectivity index (χ4n) is 4.50. The van der Waals surface area contributed by atoms with Crippen molar-refractivity contribution in [3.8, 4) is 11.5 Å². The van der Waals surface area contributed by atoms with Crippen molar-refractivity contribution in [3.05, 3.63) is 41.2 Å². The number of aryl methyl sites for hydroxylation is 2. The van der Waals surface area contributed by atoms with E-state index in [0.29, 0.717) is 17.7 Å². The number of anilines is 1. The maximum atomic E-state index is 5.05. The van der Waals surface area contributed by atoms with Crippen LogP contribution in [0.4, 0.5) is 11.5 Å². The molecule has 4 heterocycles. The molecule has 0 amide bonds. The van der Waals surface area contributed by atoms with Gasteiger partial charge in [0.15, 0.2) is 17.5 Å². The average Bonchev–Trinajstić information content (AvgIpc) is 3.44. The van der Waals surface area contributed by atoms with Crippen LogP contribution in [0.15, 0.2) is 28.4 Å². The second-order valence-electron chi connectivity index (χ2n) is 10.8. The van der Waals surface area contributed by atoms with Crippen LogP contribution in [0.1, 0.15) is 83.7 Å². The van der Waals surface area contributed by atoms with Gasteiger partial charge in [0.25, 0.3) is 0 Å². The topological polar surface area (TPSA) is 87.4 Å². The Morgan fingerprint density at radius 2 is 1.78 bits per heavy atom. The number of imidazole rings is 2. The number of nitrogens with one attached hydrogen (secondary N) is 1. The zero-order chi connectivity index (χ0) is 26.1. The van der Waals surface area contributed by atoms with Gasteiger partial charge in [-0.25, -0.2) is 24.6 Å². The first-order valence-corrected chi connectivity index (χ1v) is 13.1. The van der Waals surface area contributed by atoms with Gasteiger partial charge in [-0.2, -0.15) is 5.10 Å². The van der Waals surface area contributed by atoms with E-state index in [9.17, 15) is 0 Å². The van der Waals surface area contributed by atoms with E-state index in [2.05, 4.69) is 64.4 Å². The fraction of sp³-hybridized carbons (Fsp3) is 0.536. The summed E-state index contributed by atoms with van der Waals surface area (Å²) < 4.78 is 1.93. The van der Waals surface area contributed by atoms with Crippen molar-refractivity contribution in [2.75, 3.05) is 18.0 Å². The Balaban J connectivity index is 1.79. The summed E-state index contributed by atoms with van der Waals surface area (Å²) in [4.78, 5) is 25.3. The third kappa shape index (κ3) is 5.13. The molecule has 192 valence electrons. The maximum absolute atomic E-state index is 5.05. The maximum Gasteiger partial charge on any atom is 0.182 e. The Morgan fingerprint density at radius 3 is 2.31 bits per heavy atom. The van der Waals surface area contributed by atoms with E-state index in [1.54, 1.807) is 0 Å². The van der Waals surface area contributed by atoms with Crippen LogP contribution >= 0.6 is 0 Å². The molecule has 4 rings (SSSR count). The van der Waals surface area contributed by atoms with E-state index in [1.165, 1.54) is 0 Å². The molecule has 0 atom stereocenters. The lowest BCUT2D eigenvalue weighted by molar-refractivity contribution is 0.618. The van der Waals surface area contributed by atoms with E-state index >= 15 is 0 Å². The molecular weight excluding hydrogens is 448 g/mol. The Bertz CT molecular complexity index is 1250. The first-order chi connectivity index (χ1) is 17.1. The Morgan fingerprint density at radius 1 is 1.03 bits per heavy atom. The van der Waals surface area contributed by atoms with Gasteiger partial charge in [-0.05, 0) is 57.1 Å². The Kier molecular flexibility index (Phi) is 7.43. The van der Waals surface area contributed by atoms with Crippen LogP contribution in [0.5, 0.6) is 0 Å². The van der Waals surface area contributed by atoms with E-state index in [1.807, 2.05) is 30.8 Å². The first-order valence-electron chi connectivity index (χ1n) is 13.1. The minimum absolute atomic E-state index is 0.215. The summed E-state index contributed by atoms with van der Waals surface area (Å²) in [5.41, 5.74) is 6.77. The molecule has 8 nitrogen and oxygen atoms in total. The monoisotopic (exact) mass is 488 g/mol. The van der Waals surface area contributed by atoms with Crippen LogP contribution in [0.25, 0.3) is 11.5 Å². The quantitative estimate of drug-likeness (QED) is 0.384. The number of aromatic amines is 1. The highest BCUT2D eigenvalue weighted by atomic mass is 15.4. The third-order valence-electron chi connectivity index (χ3n) is 6.38. The highest BCUT2D eigenvalue weighted by Gasteiger charge is 2.32. The molecule has 0 fully saturated rings. The molecule has 0 radical (unpaired) electrons. The summed E-state index contributed by atoms with van der Waals surface area (Å²) in [6, 6.07) is 4.10. The Hall–Kier alpha value is -3.29. The standard InChI is InChI=1S/C28H40N8/c1-10-35(15-17(4)5)21-11-12-23(29-14-21)32-25-22(13-16(2)3)34-36-26(24(18(6)7)33-28(25)36)27-30-19(8)20(9)31-27/h11-12,14,16-18H,10,13,15H2,1-9H3,(H,30,31)/b32-25-. The molecule has 36 heavy (non-hydrogen) atoms. The van der Waals surface area contributed by atoms with Crippen molar-refractivity contribution in [3.63, 3.8) is 0 Å². The summed E-state index contributed by atoms with van der Waals surface area (Å²) in [5, 5.41) is 5.02. The van der Waals surface area contributed by atoms with E-state index in [-0.39, 0.29) is 5.92 Å². The second kappa shape index (κ2) is 10.4. The van der Waals surface area contributed by atoms with Gasteiger partial charge in [0.05, 0.1) is 29.0 Å².